The Labute approximate surface area is 83.2 Å². The summed E-state index contributed by atoms with van der Waals surface area (Å²) in [5.41, 5.74) is 1.73. The van der Waals surface area contributed by atoms with Crippen LogP contribution in [0.2, 0.25) is 0 Å². The van der Waals surface area contributed by atoms with Gasteiger partial charge in [-0.15, -0.1) is 0 Å². The zero-order valence-electron chi connectivity index (χ0n) is 8.12. The molecular formula is C12H12O2. The number of hydrogen-bond donors (Lipinski definition) is 0. The average molecular weight is 188 g/mol. The first-order valence-electron chi connectivity index (χ1n) is 4.80. The molecule has 1 aliphatic carbocycles. The Kier molecular flexibility index (Phi) is 2.35. The molecule has 0 saturated heterocycles. The van der Waals surface area contributed by atoms with Gasteiger partial charge < -0.3 is 4.74 Å². The van der Waals surface area contributed by atoms with Gasteiger partial charge in [-0.25, -0.2) is 0 Å². The lowest BCUT2D eigenvalue weighted by molar-refractivity contribution is 0.104. The average Bonchev–Trinajstić information content (AvgIpc) is 2.57. The molecule has 1 aliphatic rings. The molecule has 0 aromatic heterocycles. The number of allylic oxidation sites excluding steroid dienone is 1. The van der Waals surface area contributed by atoms with Gasteiger partial charge in [-0.3, -0.25) is 4.79 Å². The predicted molar refractivity (Wildman–Crippen MR) is 55.6 cm³/mol. The van der Waals surface area contributed by atoms with Gasteiger partial charge in [0.05, 0.1) is 6.61 Å². The Morgan fingerprint density at radius 2 is 2.14 bits per heavy atom. The summed E-state index contributed by atoms with van der Waals surface area (Å²) in [6.45, 7) is 2.75. The van der Waals surface area contributed by atoms with Gasteiger partial charge in [0.2, 0.25) is 0 Å². The van der Waals surface area contributed by atoms with Crippen LogP contribution in [0.5, 0.6) is 5.75 Å². The molecule has 2 rings (SSSR count). The Hall–Kier alpha value is -1.57. The molecule has 1 aromatic carbocycles. The normalized spacial score (nSPS) is 13.1. The highest BCUT2D eigenvalue weighted by molar-refractivity contribution is 6.13. The number of carbonyl (C=O) groups excluding carboxylic acids is 1. The summed E-state index contributed by atoms with van der Waals surface area (Å²) in [7, 11) is 0. The number of carbonyl (C=O) groups is 1. The predicted octanol–water partition coefficient (Wildman–Crippen LogP) is 2.68. The van der Waals surface area contributed by atoms with E-state index in [4.69, 9.17) is 4.74 Å². The zero-order chi connectivity index (χ0) is 9.97. The third-order valence-electron chi connectivity index (χ3n) is 2.18. The van der Waals surface area contributed by atoms with Crippen LogP contribution >= 0.6 is 0 Å². The van der Waals surface area contributed by atoms with Crippen LogP contribution in [0.3, 0.4) is 0 Å². The third-order valence-corrected chi connectivity index (χ3v) is 2.18. The molecule has 0 radical (unpaired) electrons. The lowest BCUT2D eigenvalue weighted by Crippen LogP contribution is -1.97. The van der Waals surface area contributed by atoms with Crippen molar-refractivity contribution in [2.75, 3.05) is 6.61 Å². The maximum absolute atomic E-state index is 11.3. The summed E-state index contributed by atoms with van der Waals surface area (Å²) in [4.78, 5) is 11.3. The van der Waals surface area contributed by atoms with Crippen molar-refractivity contribution in [3.8, 4) is 5.75 Å². The van der Waals surface area contributed by atoms with Crippen molar-refractivity contribution in [1.29, 1.82) is 0 Å². The van der Waals surface area contributed by atoms with Crippen molar-refractivity contribution in [3.63, 3.8) is 0 Å². The standard InChI is InChI=1S/C12H12O2/c1-2-7-14-10-5-3-9-4-6-12(13)11(9)8-10/h3-6,8H,2,7H2,1H3. The molecule has 0 aliphatic heterocycles. The number of ketones is 1. The SMILES string of the molecule is CCCOc1ccc2c(c1)C(=O)C=C2. The Bertz CT molecular complexity index is 391. The van der Waals surface area contributed by atoms with Gasteiger partial charge in [-0.2, -0.15) is 0 Å². The molecule has 0 bridgehead atoms. The zero-order valence-corrected chi connectivity index (χ0v) is 8.12. The van der Waals surface area contributed by atoms with Crippen LogP contribution in [0, 0.1) is 0 Å². The van der Waals surface area contributed by atoms with E-state index in [9.17, 15) is 4.79 Å². The number of fused-ring (bicyclic) bond motifs is 1. The van der Waals surface area contributed by atoms with Gasteiger partial charge in [-0.1, -0.05) is 19.1 Å². The minimum atomic E-state index is 0.0712. The highest BCUT2D eigenvalue weighted by atomic mass is 16.5. The van der Waals surface area contributed by atoms with E-state index in [-0.39, 0.29) is 5.78 Å². The smallest absolute Gasteiger partial charge is 0.186 e. The number of hydrogen-bond acceptors (Lipinski definition) is 2. The summed E-state index contributed by atoms with van der Waals surface area (Å²) in [5, 5.41) is 0. The van der Waals surface area contributed by atoms with Crippen LogP contribution in [0.4, 0.5) is 0 Å². The molecule has 0 unspecified atom stereocenters. The molecule has 0 spiro atoms. The van der Waals surface area contributed by atoms with E-state index >= 15 is 0 Å². The first-order valence-corrected chi connectivity index (χ1v) is 4.80. The number of rotatable bonds is 3. The van der Waals surface area contributed by atoms with E-state index in [0.717, 1.165) is 23.3 Å². The van der Waals surface area contributed by atoms with Crippen molar-refractivity contribution in [2.45, 2.75) is 13.3 Å². The minimum absolute atomic E-state index is 0.0712. The minimum Gasteiger partial charge on any atom is -0.494 e. The monoisotopic (exact) mass is 188 g/mol. The fourth-order valence-electron chi connectivity index (χ4n) is 1.46. The molecule has 0 heterocycles. The number of benzene rings is 1. The van der Waals surface area contributed by atoms with Crippen molar-refractivity contribution in [2.24, 2.45) is 0 Å². The van der Waals surface area contributed by atoms with Crippen LogP contribution in [0.1, 0.15) is 29.3 Å². The summed E-state index contributed by atoms with van der Waals surface area (Å²) in [6.07, 6.45) is 4.40. The van der Waals surface area contributed by atoms with E-state index in [1.807, 2.05) is 24.3 Å². The topological polar surface area (TPSA) is 26.3 Å². The van der Waals surface area contributed by atoms with Crippen LogP contribution in [-0.4, -0.2) is 12.4 Å². The van der Waals surface area contributed by atoms with E-state index < -0.39 is 0 Å². The Balaban J connectivity index is 2.24. The van der Waals surface area contributed by atoms with Gasteiger partial charge in [-0.05, 0) is 30.2 Å². The Morgan fingerprint density at radius 1 is 1.29 bits per heavy atom. The largest absolute Gasteiger partial charge is 0.494 e. The summed E-state index contributed by atoms with van der Waals surface area (Å²) < 4.78 is 5.45. The highest BCUT2D eigenvalue weighted by Gasteiger charge is 2.13. The molecule has 0 amide bonds. The maximum Gasteiger partial charge on any atom is 0.186 e. The van der Waals surface area contributed by atoms with Gasteiger partial charge in [0, 0.05) is 5.56 Å². The molecule has 1 aromatic rings. The van der Waals surface area contributed by atoms with Crippen molar-refractivity contribution in [1.82, 2.24) is 0 Å². The van der Waals surface area contributed by atoms with E-state index in [2.05, 4.69) is 6.92 Å². The molecule has 2 heteroatoms. The van der Waals surface area contributed by atoms with Crippen molar-refractivity contribution >= 4 is 11.9 Å². The summed E-state index contributed by atoms with van der Waals surface area (Å²) >= 11 is 0. The Morgan fingerprint density at radius 3 is 2.93 bits per heavy atom. The molecular weight excluding hydrogens is 176 g/mol. The second-order valence-corrected chi connectivity index (χ2v) is 3.30. The number of ether oxygens (including phenoxy) is 1. The van der Waals surface area contributed by atoms with E-state index in [0.29, 0.717) is 6.61 Å². The maximum atomic E-state index is 11.3. The molecule has 14 heavy (non-hydrogen) atoms. The first-order chi connectivity index (χ1) is 6.81. The van der Waals surface area contributed by atoms with E-state index in [1.54, 1.807) is 6.08 Å². The third kappa shape index (κ3) is 1.55. The van der Waals surface area contributed by atoms with Gasteiger partial charge >= 0.3 is 0 Å². The molecule has 72 valence electrons. The van der Waals surface area contributed by atoms with Crippen molar-refractivity contribution in [3.05, 3.63) is 35.4 Å². The molecule has 0 fully saturated rings. The molecule has 0 saturated carbocycles. The van der Waals surface area contributed by atoms with Crippen molar-refractivity contribution < 1.29 is 9.53 Å². The molecule has 0 atom stereocenters. The van der Waals surface area contributed by atoms with E-state index in [1.165, 1.54) is 0 Å². The quantitative estimate of drug-likeness (QED) is 0.729. The lowest BCUT2D eigenvalue weighted by Gasteiger charge is -2.05. The second kappa shape index (κ2) is 3.66. The first kappa shape index (κ1) is 9.00. The summed E-state index contributed by atoms with van der Waals surface area (Å²) in [6, 6.07) is 5.63. The van der Waals surface area contributed by atoms with Gasteiger partial charge in [0.15, 0.2) is 5.78 Å². The highest BCUT2D eigenvalue weighted by Crippen LogP contribution is 2.24. The fourth-order valence-corrected chi connectivity index (χ4v) is 1.46. The second-order valence-electron chi connectivity index (χ2n) is 3.30. The summed E-state index contributed by atoms with van der Waals surface area (Å²) in [5.74, 6) is 0.851. The lowest BCUT2D eigenvalue weighted by atomic mass is 10.1. The van der Waals surface area contributed by atoms with Crippen LogP contribution in [0.25, 0.3) is 6.08 Å². The van der Waals surface area contributed by atoms with Gasteiger partial charge in [0.1, 0.15) is 5.75 Å². The van der Waals surface area contributed by atoms with Crippen LogP contribution < -0.4 is 4.74 Å². The fraction of sp³-hybridized carbons (Fsp3) is 0.250. The van der Waals surface area contributed by atoms with Gasteiger partial charge in [0.25, 0.3) is 0 Å². The van der Waals surface area contributed by atoms with Crippen LogP contribution in [0.15, 0.2) is 24.3 Å². The molecule has 2 nitrogen and oxygen atoms in total. The molecule has 0 N–H and O–H groups in total. The van der Waals surface area contributed by atoms with Crippen LogP contribution in [-0.2, 0) is 0 Å².